The molecule has 0 aliphatic carbocycles. The van der Waals surface area contributed by atoms with Crippen molar-refractivity contribution in [3.63, 3.8) is 0 Å². The monoisotopic (exact) mass is 947 g/mol. The van der Waals surface area contributed by atoms with Crippen molar-refractivity contribution in [2.75, 3.05) is 26.4 Å². The Morgan fingerprint density at radius 2 is 0.529 bits per heavy atom. The van der Waals surface area contributed by atoms with Crippen LogP contribution < -0.4 is 0 Å². The molecule has 0 saturated heterocycles. The van der Waals surface area contributed by atoms with Gasteiger partial charge in [0.2, 0.25) is 0 Å². The van der Waals surface area contributed by atoms with E-state index >= 15 is 0 Å². The third kappa shape index (κ3) is 15.5. The predicted molar refractivity (Wildman–Crippen MR) is 287 cm³/mol. The molecule has 6 rings (SSSR count). The molecule has 6 nitrogen and oxygen atoms in total. The highest BCUT2D eigenvalue weighted by atomic mass is 16.6. The first kappa shape index (κ1) is 54.4. The second kappa shape index (κ2) is 30.7. The first-order chi connectivity index (χ1) is 34.5. The van der Waals surface area contributed by atoms with Gasteiger partial charge in [-0.25, -0.2) is 0 Å². The van der Waals surface area contributed by atoms with Crippen molar-refractivity contribution < 1.29 is 29.2 Å². The molecule has 0 saturated carbocycles. The molecule has 0 spiro atoms. The molecule has 0 bridgehead atoms. The second-order valence-corrected chi connectivity index (χ2v) is 18.9. The number of aliphatic hydroxyl groups is 2. The van der Waals surface area contributed by atoms with Crippen molar-refractivity contribution in [3.8, 4) is 0 Å². The van der Waals surface area contributed by atoms with Crippen molar-refractivity contribution in [2.24, 2.45) is 0 Å². The van der Waals surface area contributed by atoms with Crippen LogP contribution in [0.15, 0.2) is 182 Å². The number of benzene rings is 6. The molecule has 0 radical (unpaired) electrons. The van der Waals surface area contributed by atoms with Crippen LogP contribution in [0.3, 0.4) is 0 Å². The smallest absolute Gasteiger partial charge is 0.143 e. The molecule has 0 aromatic heterocycles. The minimum Gasteiger partial charge on any atom is -0.388 e. The topological polar surface area (TPSA) is 77.4 Å². The zero-order valence-electron chi connectivity index (χ0n) is 42.3. The SMILES string of the molecule is CCCCCCCCCCO[C@H](COC(c1ccccc1)(c1ccccc1)c1ccccc1)[C@@H](O)[C@H](O)[C@@H](COC(c1ccccc1)(c1ccccc1)c1ccccc1)OCCCCCCCCCC. The minimum atomic E-state index is -1.39. The van der Waals surface area contributed by atoms with Crippen LogP contribution in [-0.2, 0) is 30.1 Å². The Hall–Kier alpha value is -4.92. The Bertz CT molecular complexity index is 1850. The van der Waals surface area contributed by atoms with Crippen LogP contribution in [0.25, 0.3) is 0 Å². The van der Waals surface area contributed by atoms with Gasteiger partial charge in [0.25, 0.3) is 0 Å². The number of hydrogen-bond acceptors (Lipinski definition) is 6. The molecule has 70 heavy (non-hydrogen) atoms. The van der Waals surface area contributed by atoms with Crippen LogP contribution in [0.4, 0.5) is 0 Å². The highest BCUT2D eigenvalue weighted by Crippen LogP contribution is 2.42. The van der Waals surface area contributed by atoms with Crippen LogP contribution >= 0.6 is 0 Å². The molecule has 0 unspecified atom stereocenters. The summed E-state index contributed by atoms with van der Waals surface area (Å²) in [6, 6.07) is 61.5. The Balaban J connectivity index is 1.32. The average molecular weight is 947 g/mol. The van der Waals surface area contributed by atoms with Gasteiger partial charge in [0.05, 0.1) is 13.2 Å². The molecule has 2 N–H and O–H groups in total. The molecular formula is C64H82O6. The summed E-state index contributed by atoms with van der Waals surface area (Å²) in [7, 11) is 0. The van der Waals surface area contributed by atoms with Crippen LogP contribution in [0.5, 0.6) is 0 Å². The molecule has 0 aliphatic rings. The van der Waals surface area contributed by atoms with Gasteiger partial charge in [-0.3, -0.25) is 0 Å². The minimum absolute atomic E-state index is 0.0124. The van der Waals surface area contributed by atoms with E-state index < -0.39 is 35.6 Å². The first-order valence-electron chi connectivity index (χ1n) is 26.7. The summed E-state index contributed by atoms with van der Waals surface area (Å²) in [6.07, 6.45) is 13.9. The summed E-state index contributed by atoms with van der Waals surface area (Å²) in [5, 5.41) is 25.4. The van der Waals surface area contributed by atoms with Crippen molar-refractivity contribution in [3.05, 3.63) is 215 Å². The Morgan fingerprint density at radius 3 is 0.757 bits per heavy atom. The van der Waals surface area contributed by atoms with Crippen LogP contribution in [0.1, 0.15) is 150 Å². The van der Waals surface area contributed by atoms with E-state index in [4.69, 9.17) is 18.9 Å². The second-order valence-electron chi connectivity index (χ2n) is 18.9. The maximum absolute atomic E-state index is 12.7. The predicted octanol–water partition coefficient (Wildman–Crippen LogP) is 14.8. The number of hydrogen-bond donors (Lipinski definition) is 2. The maximum Gasteiger partial charge on any atom is 0.143 e. The quantitative estimate of drug-likeness (QED) is 0.0305. The van der Waals surface area contributed by atoms with Crippen molar-refractivity contribution >= 4 is 0 Å². The number of ether oxygens (including phenoxy) is 4. The van der Waals surface area contributed by atoms with E-state index in [1.807, 2.05) is 109 Å². The van der Waals surface area contributed by atoms with E-state index in [0.717, 1.165) is 71.9 Å². The Morgan fingerprint density at radius 1 is 0.314 bits per heavy atom. The van der Waals surface area contributed by atoms with E-state index in [2.05, 4.69) is 86.6 Å². The Kier molecular flexibility index (Phi) is 23.9. The van der Waals surface area contributed by atoms with E-state index in [0.29, 0.717) is 13.2 Å². The van der Waals surface area contributed by atoms with E-state index in [1.54, 1.807) is 0 Å². The number of unbranched alkanes of at least 4 members (excludes halogenated alkanes) is 14. The normalized spacial score (nSPS) is 13.7. The van der Waals surface area contributed by atoms with E-state index in [9.17, 15) is 10.2 Å². The molecule has 374 valence electrons. The van der Waals surface area contributed by atoms with Crippen LogP contribution in [0.2, 0.25) is 0 Å². The lowest BCUT2D eigenvalue weighted by atomic mass is 9.80. The number of rotatable bonds is 35. The molecule has 6 aromatic carbocycles. The van der Waals surface area contributed by atoms with Gasteiger partial charge in [0, 0.05) is 13.2 Å². The summed E-state index contributed by atoms with van der Waals surface area (Å²) in [5.74, 6) is 0. The summed E-state index contributed by atoms with van der Waals surface area (Å²) >= 11 is 0. The van der Waals surface area contributed by atoms with Gasteiger partial charge >= 0.3 is 0 Å². The largest absolute Gasteiger partial charge is 0.388 e. The van der Waals surface area contributed by atoms with Gasteiger partial charge in [-0.05, 0) is 46.2 Å². The molecule has 0 aliphatic heterocycles. The zero-order chi connectivity index (χ0) is 49.0. The first-order valence-corrected chi connectivity index (χ1v) is 26.7. The van der Waals surface area contributed by atoms with Crippen molar-refractivity contribution in [2.45, 2.75) is 152 Å². The van der Waals surface area contributed by atoms with Crippen LogP contribution in [0, 0.1) is 0 Å². The summed E-state index contributed by atoms with van der Waals surface area (Å²) < 4.78 is 28.1. The molecule has 0 heterocycles. The summed E-state index contributed by atoms with van der Waals surface area (Å²) in [5.41, 5.74) is 3.58. The third-order valence-corrected chi connectivity index (χ3v) is 13.8. The summed E-state index contributed by atoms with van der Waals surface area (Å²) in [6.45, 7) is 5.31. The lowest BCUT2D eigenvalue weighted by Crippen LogP contribution is -2.51. The fourth-order valence-electron chi connectivity index (χ4n) is 9.82. The molecule has 4 atom stereocenters. The maximum atomic E-state index is 12.7. The standard InChI is InChI=1S/C64H82O6/c1-3-5-7-9-11-13-15-35-49-67-59(51-69-63(53-37-23-17-24-38-53,54-39-25-18-26-40-54)55-41-27-19-28-42-55)61(65)62(66)60(68-50-36-16-14-12-10-8-6-4-2)52-70-64(56-43-29-20-30-44-56,57-45-31-21-32-46-57)58-47-33-22-34-48-58/h17-34,37-48,59-62,65-66H,3-16,35-36,49-52H2,1-2H3/t59-,60-,61-,62-/m1/s1. The molecular weight excluding hydrogens is 865 g/mol. The molecule has 0 fully saturated rings. The van der Waals surface area contributed by atoms with Gasteiger partial charge in [0.1, 0.15) is 35.6 Å². The van der Waals surface area contributed by atoms with Gasteiger partial charge in [-0.1, -0.05) is 286 Å². The van der Waals surface area contributed by atoms with E-state index in [1.165, 1.54) is 64.2 Å². The van der Waals surface area contributed by atoms with Gasteiger partial charge in [-0.2, -0.15) is 0 Å². The molecule has 6 heteroatoms. The lowest BCUT2D eigenvalue weighted by Gasteiger charge is -2.40. The molecule has 6 aromatic rings. The number of aliphatic hydroxyl groups excluding tert-OH is 2. The fraction of sp³-hybridized carbons (Fsp3) is 0.438. The Labute approximate surface area is 421 Å². The fourth-order valence-corrected chi connectivity index (χ4v) is 9.82. The average Bonchev–Trinajstić information content (AvgIpc) is 3.42. The van der Waals surface area contributed by atoms with E-state index in [-0.39, 0.29) is 13.2 Å². The van der Waals surface area contributed by atoms with Crippen molar-refractivity contribution in [1.82, 2.24) is 0 Å². The summed E-state index contributed by atoms with van der Waals surface area (Å²) in [4.78, 5) is 0. The van der Waals surface area contributed by atoms with Gasteiger partial charge in [0.15, 0.2) is 0 Å². The van der Waals surface area contributed by atoms with Crippen LogP contribution in [-0.4, -0.2) is 61.1 Å². The van der Waals surface area contributed by atoms with Gasteiger partial charge in [-0.15, -0.1) is 0 Å². The zero-order valence-corrected chi connectivity index (χ0v) is 42.3. The highest BCUT2D eigenvalue weighted by Gasteiger charge is 2.43. The van der Waals surface area contributed by atoms with Crippen molar-refractivity contribution in [1.29, 1.82) is 0 Å². The van der Waals surface area contributed by atoms with Gasteiger partial charge < -0.3 is 29.2 Å². The third-order valence-electron chi connectivity index (χ3n) is 13.8. The highest BCUT2D eigenvalue weighted by molar-refractivity contribution is 5.49. The molecule has 0 amide bonds. The lowest BCUT2D eigenvalue weighted by molar-refractivity contribution is -0.177.